The third-order valence-electron chi connectivity index (χ3n) is 5.93. The first-order valence-electron chi connectivity index (χ1n) is 10.1. The monoisotopic (exact) mass is 393 g/mol. The number of aromatic amines is 1. The maximum atomic E-state index is 12.6. The van der Waals surface area contributed by atoms with Crippen LogP contribution in [-0.4, -0.2) is 15.9 Å². The zero-order valence-corrected chi connectivity index (χ0v) is 16.5. The number of carbonyl (C=O) groups is 1. The number of hydrogen-bond donors (Lipinski definition) is 2. The average Bonchev–Trinajstić information content (AvgIpc) is 3.28. The summed E-state index contributed by atoms with van der Waals surface area (Å²) in [5, 5.41) is 3.91. The molecule has 0 saturated heterocycles. The molecule has 144 valence electrons. The summed E-state index contributed by atoms with van der Waals surface area (Å²) < 4.78 is 0. The summed E-state index contributed by atoms with van der Waals surface area (Å²) in [4.78, 5) is 34.8. The maximum absolute atomic E-state index is 12.6. The Labute approximate surface area is 167 Å². The molecule has 1 aromatic carbocycles. The Morgan fingerprint density at radius 1 is 1.21 bits per heavy atom. The molecule has 2 heterocycles. The summed E-state index contributed by atoms with van der Waals surface area (Å²) in [6.07, 6.45) is 7.11. The largest absolute Gasteiger partial charge is 0.349 e. The fourth-order valence-electron chi connectivity index (χ4n) is 4.53. The van der Waals surface area contributed by atoms with E-state index in [1.807, 2.05) is 12.1 Å². The highest BCUT2D eigenvalue weighted by Crippen LogP contribution is 2.33. The first kappa shape index (κ1) is 17.6. The number of nitrogens with one attached hydrogen (secondary N) is 2. The minimum Gasteiger partial charge on any atom is -0.349 e. The second-order valence-electron chi connectivity index (χ2n) is 7.76. The zero-order valence-electron chi connectivity index (χ0n) is 15.7. The number of carbonyl (C=O) groups excluding carboxylic acids is 1. The number of nitrogens with zero attached hydrogens (tertiary/aromatic N) is 1. The topological polar surface area (TPSA) is 74.8 Å². The van der Waals surface area contributed by atoms with E-state index in [0.717, 1.165) is 42.3 Å². The van der Waals surface area contributed by atoms with Crippen LogP contribution in [0.3, 0.4) is 0 Å². The smallest absolute Gasteiger partial charge is 0.259 e. The normalized spacial score (nSPS) is 18.1. The van der Waals surface area contributed by atoms with Gasteiger partial charge in [-0.25, -0.2) is 4.98 Å². The lowest BCUT2D eigenvalue weighted by Gasteiger charge is -2.14. The quantitative estimate of drug-likeness (QED) is 0.711. The fourth-order valence-corrected chi connectivity index (χ4v) is 5.81. The van der Waals surface area contributed by atoms with E-state index in [-0.39, 0.29) is 17.5 Å². The van der Waals surface area contributed by atoms with E-state index in [2.05, 4.69) is 27.4 Å². The van der Waals surface area contributed by atoms with Gasteiger partial charge in [0, 0.05) is 17.7 Å². The van der Waals surface area contributed by atoms with Crippen molar-refractivity contribution in [3.63, 3.8) is 0 Å². The second-order valence-corrected chi connectivity index (χ2v) is 8.84. The molecule has 0 aliphatic heterocycles. The van der Waals surface area contributed by atoms with Gasteiger partial charge in [0.25, 0.3) is 5.56 Å². The summed E-state index contributed by atoms with van der Waals surface area (Å²) in [7, 11) is 0. The fraction of sp³-hybridized carbons (Fsp3) is 0.409. The van der Waals surface area contributed by atoms with Gasteiger partial charge in [-0.3, -0.25) is 9.59 Å². The molecular weight excluding hydrogens is 370 g/mol. The van der Waals surface area contributed by atoms with Crippen LogP contribution in [0.1, 0.15) is 59.1 Å². The first-order valence-corrected chi connectivity index (χ1v) is 10.9. The van der Waals surface area contributed by atoms with Gasteiger partial charge in [-0.1, -0.05) is 24.3 Å². The number of fused-ring (bicyclic) bond motifs is 4. The summed E-state index contributed by atoms with van der Waals surface area (Å²) in [6.45, 7) is 0. The van der Waals surface area contributed by atoms with Crippen molar-refractivity contribution in [3.05, 3.63) is 62.0 Å². The molecule has 5 nitrogen and oxygen atoms in total. The lowest BCUT2D eigenvalue weighted by atomic mass is 9.97. The van der Waals surface area contributed by atoms with Crippen LogP contribution in [0.4, 0.5) is 0 Å². The number of hydrogen-bond acceptors (Lipinski definition) is 4. The van der Waals surface area contributed by atoms with Gasteiger partial charge in [0.05, 0.1) is 11.4 Å². The molecule has 2 N–H and O–H groups in total. The van der Waals surface area contributed by atoms with Gasteiger partial charge in [0.15, 0.2) is 0 Å². The van der Waals surface area contributed by atoms with Crippen LogP contribution in [0, 0.1) is 0 Å². The van der Waals surface area contributed by atoms with Gasteiger partial charge in [-0.15, -0.1) is 11.3 Å². The van der Waals surface area contributed by atoms with E-state index in [1.54, 1.807) is 11.3 Å². The Bertz CT molecular complexity index is 1110. The van der Waals surface area contributed by atoms with E-state index >= 15 is 0 Å². The SMILES string of the molecule is O=C(CCc1nc2sc3c(c2c(=O)[nH]1)CCCC3)NC1CCc2ccccc21. The van der Waals surface area contributed by atoms with Crippen LogP contribution in [0.15, 0.2) is 29.1 Å². The Morgan fingerprint density at radius 3 is 3.00 bits per heavy atom. The Morgan fingerprint density at radius 2 is 2.07 bits per heavy atom. The molecule has 0 radical (unpaired) electrons. The third kappa shape index (κ3) is 3.15. The van der Waals surface area contributed by atoms with Gasteiger partial charge in [0.2, 0.25) is 5.91 Å². The van der Waals surface area contributed by atoms with E-state index in [1.165, 1.54) is 28.0 Å². The molecule has 1 amide bonds. The number of H-pyrrole nitrogens is 1. The van der Waals surface area contributed by atoms with Crippen molar-refractivity contribution in [2.75, 3.05) is 0 Å². The maximum Gasteiger partial charge on any atom is 0.259 e. The second kappa shape index (κ2) is 7.17. The van der Waals surface area contributed by atoms with Gasteiger partial charge in [0.1, 0.15) is 10.7 Å². The molecule has 2 aromatic heterocycles. The van der Waals surface area contributed by atoms with E-state index in [0.29, 0.717) is 18.7 Å². The van der Waals surface area contributed by atoms with Crippen molar-refractivity contribution in [1.82, 2.24) is 15.3 Å². The number of amides is 1. The minimum atomic E-state index is -0.0514. The number of benzene rings is 1. The average molecular weight is 394 g/mol. The van der Waals surface area contributed by atoms with Crippen LogP contribution in [0.2, 0.25) is 0 Å². The zero-order chi connectivity index (χ0) is 19.1. The van der Waals surface area contributed by atoms with Crippen LogP contribution >= 0.6 is 11.3 Å². The highest BCUT2D eigenvalue weighted by atomic mass is 32.1. The molecule has 0 bridgehead atoms. The molecule has 2 aliphatic carbocycles. The molecule has 0 spiro atoms. The van der Waals surface area contributed by atoms with Crippen LogP contribution in [0.25, 0.3) is 10.2 Å². The molecule has 2 aliphatic rings. The van der Waals surface area contributed by atoms with Gasteiger partial charge in [-0.2, -0.15) is 0 Å². The van der Waals surface area contributed by atoms with Crippen LogP contribution < -0.4 is 10.9 Å². The van der Waals surface area contributed by atoms with Crippen molar-refractivity contribution in [3.8, 4) is 0 Å². The Hall–Kier alpha value is -2.47. The summed E-state index contributed by atoms with van der Waals surface area (Å²) in [5.74, 6) is 0.619. The van der Waals surface area contributed by atoms with E-state index < -0.39 is 0 Å². The van der Waals surface area contributed by atoms with Crippen molar-refractivity contribution >= 4 is 27.5 Å². The summed E-state index contributed by atoms with van der Waals surface area (Å²) >= 11 is 1.65. The third-order valence-corrected chi connectivity index (χ3v) is 7.12. The highest BCUT2D eigenvalue weighted by Gasteiger charge is 2.23. The standard InChI is InChI=1S/C22H23N3O2S/c26-19(23-16-10-9-13-5-1-2-6-14(13)16)12-11-18-24-21(27)20-15-7-3-4-8-17(15)28-22(20)25-18/h1-2,5-6,16H,3-4,7-12H2,(H,23,26)(H,24,25,27). The van der Waals surface area contributed by atoms with Gasteiger partial charge < -0.3 is 10.3 Å². The lowest BCUT2D eigenvalue weighted by Crippen LogP contribution is -2.27. The van der Waals surface area contributed by atoms with Crippen molar-refractivity contribution < 1.29 is 4.79 Å². The molecule has 1 unspecified atom stereocenters. The predicted molar refractivity (Wildman–Crippen MR) is 111 cm³/mol. The van der Waals surface area contributed by atoms with Gasteiger partial charge >= 0.3 is 0 Å². The lowest BCUT2D eigenvalue weighted by molar-refractivity contribution is -0.121. The highest BCUT2D eigenvalue weighted by molar-refractivity contribution is 7.18. The molecule has 0 saturated carbocycles. The molecule has 0 fully saturated rings. The number of aromatic nitrogens is 2. The van der Waals surface area contributed by atoms with Crippen LogP contribution in [-0.2, 0) is 30.5 Å². The molecule has 3 aromatic rings. The first-order chi connectivity index (χ1) is 13.7. The van der Waals surface area contributed by atoms with Crippen LogP contribution in [0.5, 0.6) is 0 Å². The number of aryl methyl sites for hydroxylation is 4. The Kier molecular flexibility index (Phi) is 4.51. The van der Waals surface area contributed by atoms with Crippen molar-refractivity contribution in [2.45, 2.75) is 57.4 Å². The van der Waals surface area contributed by atoms with Gasteiger partial charge in [-0.05, 0) is 55.2 Å². The molecule has 28 heavy (non-hydrogen) atoms. The summed E-state index contributed by atoms with van der Waals surface area (Å²) in [6, 6.07) is 8.39. The van der Waals surface area contributed by atoms with E-state index in [4.69, 9.17) is 0 Å². The van der Waals surface area contributed by atoms with Crippen molar-refractivity contribution in [2.24, 2.45) is 0 Å². The molecule has 5 rings (SSSR count). The number of rotatable bonds is 4. The predicted octanol–water partition coefficient (Wildman–Crippen LogP) is 3.60. The molecular formula is C22H23N3O2S. The molecule has 6 heteroatoms. The Balaban J connectivity index is 1.28. The minimum absolute atomic E-state index is 0.00919. The van der Waals surface area contributed by atoms with E-state index in [9.17, 15) is 9.59 Å². The van der Waals surface area contributed by atoms with Crippen molar-refractivity contribution in [1.29, 1.82) is 0 Å². The summed E-state index contributed by atoms with van der Waals surface area (Å²) in [5.41, 5.74) is 3.70. The number of thiophene rings is 1. The molecule has 1 atom stereocenters.